The molecule has 5 nitrogen and oxygen atoms in total. The number of carbonyl (C=O) groups excluding carboxylic acids is 1. The maximum atomic E-state index is 12.6. The molecule has 2 aromatic heterocycles. The van der Waals surface area contributed by atoms with Gasteiger partial charge in [0.1, 0.15) is 5.82 Å². The molecule has 1 fully saturated rings. The molecule has 0 bridgehead atoms. The molecule has 1 amide bonds. The minimum atomic E-state index is -0.585. The topological polar surface area (TPSA) is 58.4 Å². The quantitative estimate of drug-likeness (QED) is 0.879. The van der Waals surface area contributed by atoms with Crippen LogP contribution in [0.3, 0.4) is 0 Å². The minimum absolute atomic E-state index is 0.0155. The van der Waals surface area contributed by atoms with Gasteiger partial charge in [0.05, 0.1) is 23.8 Å². The number of aliphatic hydroxyl groups is 1. The van der Waals surface area contributed by atoms with E-state index in [2.05, 4.69) is 4.98 Å². The lowest BCUT2D eigenvalue weighted by molar-refractivity contribution is 0.0225. The van der Waals surface area contributed by atoms with E-state index in [9.17, 15) is 9.90 Å². The number of aryl methyl sites for hydroxylation is 1. The van der Waals surface area contributed by atoms with E-state index in [-0.39, 0.29) is 18.0 Å². The molecular formula is C17H23N3O2S. The van der Waals surface area contributed by atoms with Crippen molar-refractivity contribution in [3.8, 4) is 0 Å². The first-order valence-electron chi connectivity index (χ1n) is 8.06. The summed E-state index contributed by atoms with van der Waals surface area (Å²) in [6.45, 7) is 1.95. The number of aromatic nitrogens is 2. The Balaban J connectivity index is 1.83. The number of likely N-dealkylation sites (N-methyl/N-ethyl adjacent to an activating group) is 1. The van der Waals surface area contributed by atoms with Gasteiger partial charge in [-0.1, -0.05) is 12.8 Å². The van der Waals surface area contributed by atoms with E-state index in [0.717, 1.165) is 31.5 Å². The average Bonchev–Trinajstić information content (AvgIpc) is 3.17. The number of hydrogen-bond donors (Lipinski definition) is 1. The van der Waals surface area contributed by atoms with Crippen molar-refractivity contribution < 1.29 is 9.90 Å². The third-order valence-corrected chi connectivity index (χ3v) is 5.53. The van der Waals surface area contributed by atoms with Crippen LogP contribution in [0.4, 0.5) is 0 Å². The van der Waals surface area contributed by atoms with E-state index >= 15 is 0 Å². The molecule has 0 spiro atoms. The third kappa shape index (κ3) is 3.19. The summed E-state index contributed by atoms with van der Waals surface area (Å²) in [5.41, 5.74) is 0.698. The molecule has 6 heteroatoms. The van der Waals surface area contributed by atoms with E-state index < -0.39 is 6.10 Å². The Bertz CT molecular complexity index is 653. The fourth-order valence-electron chi connectivity index (χ4n) is 3.51. The summed E-state index contributed by atoms with van der Waals surface area (Å²) < 4.78 is 2.05. The van der Waals surface area contributed by atoms with Crippen molar-refractivity contribution in [1.29, 1.82) is 0 Å². The second-order valence-corrected chi connectivity index (χ2v) is 7.00. The van der Waals surface area contributed by atoms with Crippen molar-refractivity contribution in [3.05, 3.63) is 40.6 Å². The standard InChI is InChI=1S/C17H23N3O2S/c1-12-18-8-9-20(12)15-6-4-3-5-14(16(15)21)19(2)17(22)13-7-10-23-11-13/h7-11,14-16,21H,3-6H2,1-2H3/t14-,15-,16-/m1/s1. The van der Waals surface area contributed by atoms with Crippen LogP contribution in [0.25, 0.3) is 0 Å². The molecule has 3 rings (SSSR count). The first kappa shape index (κ1) is 16.2. The number of nitrogens with zero attached hydrogens (tertiary/aromatic N) is 3. The maximum absolute atomic E-state index is 12.6. The van der Waals surface area contributed by atoms with Crippen molar-refractivity contribution >= 4 is 17.2 Å². The van der Waals surface area contributed by atoms with Crippen LogP contribution in [0.1, 0.15) is 47.9 Å². The highest BCUT2D eigenvalue weighted by Crippen LogP contribution is 2.31. The summed E-state index contributed by atoms with van der Waals surface area (Å²) in [5, 5.41) is 14.7. The Kier molecular flexibility index (Phi) is 4.82. The largest absolute Gasteiger partial charge is 0.389 e. The van der Waals surface area contributed by atoms with Gasteiger partial charge in [-0.3, -0.25) is 4.79 Å². The Hall–Kier alpha value is -1.66. The van der Waals surface area contributed by atoms with Gasteiger partial charge < -0.3 is 14.6 Å². The number of rotatable bonds is 3. The number of hydrogen-bond acceptors (Lipinski definition) is 4. The van der Waals surface area contributed by atoms with Crippen molar-refractivity contribution in [2.24, 2.45) is 0 Å². The van der Waals surface area contributed by atoms with E-state index in [4.69, 9.17) is 0 Å². The van der Waals surface area contributed by atoms with Crippen LogP contribution in [0, 0.1) is 6.92 Å². The lowest BCUT2D eigenvalue weighted by Crippen LogP contribution is -2.47. The molecule has 0 radical (unpaired) electrons. The molecule has 23 heavy (non-hydrogen) atoms. The summed E-state index contributed by atoms with van der Waals surface area (Å²) in [6.07, 6.45) is 6.92. The second-order valence-electron chi connectivity index (χ2n) is 6.22. The van der Waals surface area contributed by atoms with Crippen LogP contribution < -0.4 is 0 Å². The molecule has 2 heterocycles. The van der Waals surface area contributed by atoms with Crippen LogP contribution in [0.2, 0.25) is 0 Å². The molecule has 1 saturated carbocycles. The van der Waals surface area contributed by atoms with Gasteiger partial charge in [-0.2, -0.15) is 11.3 Å². The SMILES string of the molecule is Cc1nccn1[C@@H]1CCCC[C@@H](N(C)C(=O)c2ccsc2)[C@H]1O. The molecule has 1 N–H and O–H groups in total. The first-order chi connectivity index (χ1) is 11.1. The average molecular weight is 333 g/mol. The molecule has 0 saturated heterocycles. The third-order valence-electron chi connectivity index (χ3n) is 4.84. The zero-order valence-corrected chi connectivity index (χ0v) is 14.4. The summed E-state index contributed by atoms with van der Waals surface area (Å²) in [7, 11) is 1.80. The second kappa shape index (κ2) is 6.84. The Morgan fingerprint density at radius 2 is 2.22 bits per heavy atom. The van der Waals surface area contributed by atoms with Crippen molar-refractivity contribution in [3.63, 3.8) is 0 Å². The van der Waals surface area contributed by atoms with Gasteiger partial charge in [-0.25, -0.2) is 4.98 Å². The van der Waals surface area contributed by atoms with Crippen LogP contribution in [-0.2, 0) is 0 Å². The van der Waals surface area contributed by atoms with Gasteiger partial charge in [-0.15, -0.1) is 0 Å². The summed E-state index contributed by atoms with van der Waals surface area (Å²) >= 11 is 1.52. The van der Waals surface area contributed by atoms with Gasteiger partial charge in [0.15, 0.2) is 0 Å². The lowest BCUT2D eigenvalue weighted by Gasteiger charge is -2.35. The van der Waals surface area contributed by atoms with Gasteiger partial charge in [0, 0.05) is 24.8 Å². The van der Waals surface area contributed by atoms with E-state index in [0.29, 0.717) is 5.56 Å². The highest BCUT2D eigenvalue weighted by molar-refractivity contribution is 7.08. The van der Waals surface area contributed by atoms with Crippen molar-refractivity contribution in [1.82, 2.24) is 14.5 Å². The molecule has 3 atom stereocenters. The molecule has 0 unspecified atom stereocenters. The van der Waals surface area contributed by atoms with Crippen LogP contribution >= 0.6 is 11.3 Å². The summed E-state index contributed by atoms with van der Waals surface area (Å²) in [6, 6.07) is 1.64. The van der Waals surface area contributed by atoms with Crippen LogP contribution in [-0.4, -0.2) is 44.7 Å². The monoisotopic (exact) mass is 333 g/mol. The molecule has 0 aliphatic heterocycles. The van der Waals surface area contributed by atoms with Gasteiger partial charge in [0.2, 0.25) is 0 Å². The molecule has 1 aliphatic rings. The maximum Gasteiger partial charge on any atom is 0.254 e. The van der Waals surface area contributed by atoms with Crippen LogP contribution in [0.5, 0.6) is 0 Å². The Labute approximate surface area is 140 Å². The molecule has 2 aromatic rings. The summed E-state index contributed by atoms with van der Waals surface area (Å²) in [4.78, 5) is 18.6. The summed E-state index contributed by atoms with van der Waals surface area (Å²) in [5.74, 6) is 0.889. The predicted molar refractivity (Wildman–Crippen MR) is 90.7 cm³/mol. The molecule has 124 valence electrons. The predicted octanol–water partition coefficient (Wildman–Crippen LogP) is 2.87. The number of amides is 1. The normalized spacial score (nSPS) is 25.1. The number of thiophene rings is 1. The number of aliphatic hydroxyl groups excluding tert-OH is 1. The molecule has 1 aliphatic carbocycles. The number of carbonyl (C=O) groups is 1. The minimum Gasteiger partial charge on any atom is -0.389 e. The molecular weight excluding hydrogens is 310 g/mol. The van der Waals surface area contributed by atoms with E-state index in [1.54, 1.807) is 18.1 Å². The number of imidazole rings is 1. The fourth-order valence-corrected chi connectivity index (χ4v) is 4.14. The van der Waals surface area contributed by atoms with E-state index in [1.165, 1.54) is 11.3 Å². The Morgan fingerprint density at radius 1 is 1.43 bits per heavy atom. The van der Waals surface area contributed by atoms with Gasteiger partial charge in [0.25, 0.3) is 5.91 Å². The van der Waals surface area contributed by atoms with Gasteiger partial charge in [-0.05, 0) is 31.2 Å². The van der Waals surface area contributed by atoms with Crippen molar-refractivity contribution in [2.75, 3.05) is 7.05 Å². The lowest BCUT2D eigenvalue weighted by atomic mass is 9.99. The fraction of sp³-hybridized carbons (Fsp3) is 0.529. The van der Waals surface area contributed by atoms with E-state index in [1.807, 2.05) is 34.5 Å². The van der Waals surface area contributed by atoms with Crippen molar-refractivity contribution in [2.45, 2.75) is 50.8 Å². The Morgan fingerprint density at radius 3 is 2.87 bits per heavy atom. The highest BCUT2D eigenvalue weighted by atomic mass is 32.1. The van der Waals surface area contributed by atoms with Gasteiger partial charge >= 0.3 is 0 Å². The zero-order valence-electron chi connectivity index (χ0n) is 13.6. The van der Waals surface area contributed by atoms with Crippen LogP contribution in [0.15, 0.2) is 29.2 Å². The smallest absolute Gasteiger partial charge is 0.254 e. The molecule has 0 aromatic carbocycles. The zero-order chi connectivity index (χ0) is 16.4. The highest BCUT2D eigenvalue weighted by Gasteiger charge is 2.35. The first-order valence-corrected chi connectivity index (χ1v) is 9.00.